The Morgan fingerprint density at radius 2 is 1.92 bits per heavy atom. The van der Waals surface area contributed by atoms with Crippen LogP contribution in [0.2, 0.25) is 0 Å². The summed E-state index contributed by atoms with van der Waals surface area (Å²) < 4.78 is 5.72. The first kappa shape index (κ1) is 16.2. The summed E-state index contributed by atoms with van der Waals surface area (Å²) in [6, 6.07) is 13.3. The fraction of sp³-hybridized carbons (Fsp3) is 0.364. The van der Waals surface area contributed by atoms with Crippen LogP contribution in [0.3, 0.4) is 0 Å². The Morgan fingerprint density at radius 1 is 1.12 bits per heavy atom. The molecule has 2 heterocycles. The third kappa shape index (κ3) is 2.93. The van der Waals surface area contributed by atoms with E-state index in [1.807, 2.05) is 0 Å². The van der Waals surface area contributed by atoms with Crippen molar-refractivity contribution in [1.29, 1.82) is 0 Å². The summed E-state index contributed by atoms with van der Waals surface area (Å²) in [6.45, 7) is 8.29. The van der Waals surface area contributed by atoms with Crippen LogP contribution >= 0.6 is 0 Å². The van der Waals surface area contributed by atoms with Crippen LogP contribution in [-0.2, 0) is 6.42 Å². The van der Waals surface area contributed by atoms with Gasteiger partial charge in [0.25, 0.3) is 0 Å². The summed E-state index contributed by atoms with van der Waals surface area (Å²) in [5.41, 5.74) is 8.02. The van der Waals surface area contributed by atoms with Crippen LogP contribution in [-0.4, -0.2) is 18.1 Å². The van der Waals surface area contributed by atoms with Gasteiger partial charge in [0.1, 0.15) is 5.75 Å². The van der Waals surface area contributed by atoms with Crippen molar-refractivity contribution in [2.45, 2.75) is 39.7 Å². The highest BCUT2D eigenvalue weighted by Crippen LogP contribution is 2.35. The number of aromatic amines is 1. The fourth-order valence-electron chi connectivity index (χ4n) is 4.03. The number of benzene rings is 2. The van der Waals surface area contributed by atoms with Crippen LogP contribution in [0, 0.1) is 13.8 Å². The van der Waals surface area contributed by atoms with Crippen molar-refractivity contribution in [3.05, 3.63) is 64.3 Å². The highest BCUT2D eigenvalue weighted by atomic mass is 16.5. The van der Waals surface area contributed by atoms with Crippen molar-refractivity contribution in [3.8, 4) is 5.75 Å². The lowest BCUT2D eigenvalue weighted by atomic mass is 9.93. The zero-order valence-electron chi connectivity index (χ0n) is 15.3. The average molecular weight is 334 g/mol. The van der Waals surface area contributed by atoms with Gasteiger partial charge >= 0.3 is 0 Å². The summed E-state index contributed by atoms with van der Waals surface area (Å²) in [5, 5.41) is 5.09. The number of aryl methyl sites for hydroxylation is 2. The topological polar surface area (TPSA) is 37.0 Å². The molecule has 0 saturated heterocycles. The average Bonchev–Trinajstić information content (AvgIpc) is 2.98. The predicted molar refractivity (Wildman–Crippen MR) is 104 cm³/mol. The number of ether oxygens (including phenoxy) is 1. The maximum Gasteiger partial charge on any atom is 0.119 e. The van der Waals surface area contributed by atoms with Crippen molar-refractivity contribution in [3.63, 3.8) is 0 Å². The Hall–Kier alpha value is -2.26. The molecular weight excluding hydrogens is 308 g/mol. The van der Waals surface area contributed by atoms with Crippen LogP contribution in [0.4, 0.5) is 0 Å². The van der Waals surface area contributed by atoms with E-state index in [-0.39, 0.29) is 6.04 Å². The van der Waals surface area contributed by atoms with Crippen molar-refractivity contribution >= 4 is 10.9 Å². The largest absolute Gasteiger partial charge is 0.494 e. The van der Waals surface area contributed by atoms with Gasteiger partial charge in [0, 0.05) is 23.1 Å². The molecule has 0 radical (unpaired) electrons. The maximum atomic E-state index is 5.72. The van der Waals surface area contributed by atoms with Gasteiger partial charge in [-0.15, -0.1) is 0 Å². The van der Waals surface area contributed by atoms with Gasteiger partial charge in [0.05, 0.1) is 12.6 Å². The number of fused-ring (bicyclic) bond motifs is 3. The molecule has 0 amide bonds. The van der Waals surface area contributed by atoms with Crippen LogP contribution in [0.5, 0.6) is 5.75 Å². The van der Waals surface area contributed by atoms with Gasteiger partial charge in [0.15, 0.2) is 0 Å². The van der Waals surface area contributed by atoms with Gasteiger partial charge < -0.3 is 15.0 Å². The van der Waals surface area contributed by atoms with Gasteiger partial charge in [-0.2, -0.15) is 0 Å². The van der Waals surface area contributed by atoms with Gasteiger partial charge in [-0.3, -0.25) is 0 Å². The van der Waals surface area contributed by atoms with Gasteiger partial charge in [-0.1, -0.05) is 25.1 Å². The standard InChI is InChI=1S/C22H26N2O/c1-4-11-25-17-7-5-16(6-8-17)21-22-18(9-10-23-21)20-15(3)12-14(2)13-19(20)24-22/h5-8,12-13,21,23-24H,4,9-11H2,1-3H3. The van der Waals surface area contributed by atoms with E-state index in [2.05, 4.69) is 67.5 Å². The molecule has 1 atom stereocenters. The van der Waals surface area contributed by atoms with Gasteiger partial charge in [0.2, 0.25) is 0 Å². The number of hydrogen-bond acceptors (Lipinski definition) is 2. The minimum Gasteiger partial charge on any atom is -0.494 e. The molecule has 3 aromatic rings. The number of rotatable bonds is 4. The SMILES string of the molecule is CCCOc1ccc(C2NCCc3c2[nH]c2cc(C)cc(C)c32)cc1. The minimum atomic E-state index is 0.219. The second kappa shape index (κ2) is 6.57. The normalized spacial score (nSPS) is 16.8. The fourth-order valence-corrected chi connectivity index (χ4v) is 4.03. The lowest BCUT2D eigenvalue weighted by Gasteiger charge is -2.25. The molecule has 0 fully saturated rings. The maximum absolute atomic E-state index is 5.72. The van der Waals surface area contributed by atoms with Crippen LogP contribution in [0.15, 0.2) is 36.4 Å². The molecule has 2 N–H and O–H groups in total. The first-order valence-electron chi connectivity index (χ1n) is 9.25. The van der Waals surface area contributed by atoms with Crippen molar-refractivity contribution in [2.75, 3.05) is 13.2 Å². The molecule has 3 heteroatoms. The monoisotopic (exact) mass is 334 g/mol. The van der Waals surface area contributed by atoms with Crippen molar-refractivity contribution in [1.82, 2.24) is 10.3 Å². The molecule has 0 spiro atoms. The van der Waals surface area contributed by atoms with Crippen LogP contribution < -0.4 is 10.1 Å². The molecule has 1 unspecified atom stereocenters. The third-order valence-corrected chi connectivity index (χ3v) is 5.07. The van der Waals surface area contributed by atoms with Crippen molar-refractivity contribution < 1.29 is 4.74 Å². The lowest BCUT2D eigenvalue weighted by molar-refractivity contribution is 0.317. The first-order chi connectivity index (χ1) is 12.2. The van der Waals surface area contributed by atoms with E-state index < -0.39 is 0 Å². The Labute approximate surface area is 149 Å². The zero-order chi connectivity index (χ0) is 17.4. The second-order valence-corrected chi connectivity index (χ2v) is 7.08. The Balaban J connectivity index is 1.73. The summed E-state index contributed by atoms with van der Waals surface area (Å²) in [4.78, 5) is 3.70. The lowest BCUT2D eigenvalue weighted by Crippen LogP contribution is -2.30. The molecule has 1 aliphatic heterocycles. The number of nitrogens with one attached hydrogen (secondary N) is 2. The highest BCUT2D eigenvalue weighted by molar-refractivity contribution is 5.89. The first-order valence-corrected chi connectivity index (χ1v) is 9.25. The van der Waals surface area contributed by atoms with E-state index in [1.54, 1.807) is 0 Å². The minimum absolute atomic E-state index is 0.219. The molecule has 130 valence electrons. The Bertz CT molecular complexity index is 893. The summed E-state index contributed by atoms with van der Waals surface area (Å²) in [5.74, 6) is 0.949. The van der Waals surface area contributed by atoms with E-state index in [9.17, 15) is 0 Å². The van der Waals surface area contributed by atoms with E-state index in [1.165, 1.54) is 38.9 Å². The highest BCUT2D eigenvalue weighted by Gasteiger charge is 2.25. The smallest absolute Gasteiger partial charge is 0.119 e. The van der Waals surface area contributed by atoms with Crippen LogP contribution in [0.25, 0.3) is 10.9 Å². The molecule has 0 saturated carbocycles. The molecule has 4 rings (SSSR count). The van der Waals surface area contributed by atoms with Crippen molar-refractivity contribution in [2.24, 2.45) is 0 Å². The number of H-pyrrole nitrogens is 1. The molecule has 1 aliphatic rings. The summed E-state index contributed by atoms with van der Waals surface area (Å²) in [7, 11) is 0. The quantitative estimate of drug-likeness (QED) is 0.718. The molecule has 25 heavy (non-hydrogen) atoms. The molecule has 1 aromatic heterocycles. The summed E-state index contributed by atoms with van der Waals surface area (Å²) in [6.07, 6.45) is 2.11. The molecule has 0 bridgehead atoms. The number of aromatic nitrogens is 1. The van der Waals surface area contributed by atoms with E-state index in [0.717, 1.165) is 31.7 Å². The van der Waals surface area contributed by atoms with Gasteiger partial charge in [-0.25, -0.2) is 0 Å². The predicted octanol–water partition coefficient (Wildman–Crippen LogP) is 4.81. The third-order valence-electron chi connectivity index (χ3n) is 5.07. The van der Waals surface area contributed by atoms with E-state index in [4.69, 9.17) is 4.74 Å². The molecule has 3 nitrogen and oxygen atoms in total. The number of hydrogen-bond donors (Lipinski definition) is 2. The Kier molecular flexibility index (Phi) is 4.26. The van der Waals surface area contributed by atoms with Crippen LogP contribution in [0.1, 0.15) is 47.3 Å². The second-order valence-electron chi connectivity index (χ2n) is 7.08. The molecule has 2 aromatic carbocycles. The molecular formula is C22H26N2O. The summed E-state index contributed by atoms with van der Waals surface area (Å²) >= 11 is 0. The molecule has 0 aliphatic carbocycles. The van der Waals surface area contributed by atoms with E-state index >= 15 is 0 Å². The van der Waals surface area contributed by atoms with E-state index in [0.29, 0.717) is 0 Å². The zero-order valence-corrected chi connectivity index (χ0v) is 15.3. The Morgan fingerprint density at radius 3 is 2.68 bits per heavy atom. The van der Waals surface area contributed by atoms with Gasteiger partial charge in [-0.05, 0) is 67.1 Å².